The molecule has 0 aliphatic carbocycles. The Balaban J connectivity index is 2.57. The highest BCUT2D eigenvalue weighted by molar-refractivity contribution is 7.22. The lowest BCUT2D eigenvalue weighted by Gasteiger charge is -2.22. The van der Waals surface area contributed by atoms with Gasteiger partial charge in [0.1, 0.15) is 14.0 Å². The number of alkyl halides is 1. The molecule has 0 N–H and O–H groups in total. The standard InChI is InChI=1S/C7H16BFNP/c1-5(2)10-3-6(9)7(8,11)4-10/h5-6H,3-4,8,11H2,1-2H3. The summed E-state index contributed by atoms with van der Waals surface area (Å²) in [5.41, 5.74) is 0. The maximum absolute atomic E-state index is 13.2. The van der Waals surface area contributed by atoms with Crippen LogP contribution in [0.3, 0.4) is 0 Å². The molecule has 0 radical (unpaired) electrons. The van der Waals surface area contributed by atoms with Gasteiger partial charge in [0.05, 0.1) is 0 Å². The zero-order valence-corrected chi connectivity index (χ0v) is 8.63. The van der Waals surface area contributed by atoms with Crippen molar-refractivity contribution in [3.63, 3.8) is 0 Å². The van der Waals surface area contributed by atoms with E-state index in [0.717, 1.165) is 6.54 Å². The van der Waals surface area contributed by atoms with Crippen molar-refractivity contribution in [1.29, 1.82) is 0 Å². The summed E-state index contributed by atoms with van der Waals surface area (Å²) in [7, 11) is 4.59. The molecule has 0 spiro atoms. The van der Waals surface area contributed by atoms with Crippen LogP contribution < -0.4 is 0 Å². The molecule has 0 saturated carbocycles. The van der Waals surface area contributed by atoms with Gasteiger partial charge in [-0.25, -0.2) is 4.39 Å². The van der Waals surface area contributed by atoms with E-state index in [2.05, 4.69) is 28.0 Å². The van der Waals surface area contributed by atoms with Crippen molar-refractivity contribution in [3.8, 4) is 0 Å². The van der Waals surface area contributed by atoms with E-state index in [0.29, 0.717) is 12.6 Å². The molecule has 0 bridgehead atoms. The Morgan fingerprint density at radius 2 is 2.27 bits per heavy atom. The average Bonchev–Trinajstić information content (AvgIpc) is 2.08. The van der Waals surface area contributed by atoms with E-state index >= 15 is 0 Å². The second-order valence-corrected chi connectivity index (χ2v) is 5.32. The highest BCUT2D eigenvalue weighted by atomic mass is 31.0. The van der Waals surface area contributed by atoms with Crippen LogP contribution in [0.15, 0.2) is 0 Å². The molecule has 0 aromatic heterocycles. The summed E-state index contributed by atoms with van der Waals surface area (Å²) in [6.07, 6.45) is -0.685. The summed E-state index contributed by atoms with van der Waals surface area (Å²) in [5.74, 6) is 0. The first kappa shape index (κ1) is 9.47. The second-order valence-electron chi connectivity index (χ2n) is 4.00. The minimum Gasteiger partial charge on any atom is -0.298 e. The highest BCUT2D eigenvalue weighted by Crippen LogP contribution is 2.30. The van der Waals surface area contributed by atoms with Crippen molar-refractivity contribution in [2.75, 3.05) is 13.1 Å². The van der Waals surface area contributed by atoms with E-state index in [1.54, 1.807) is 0 Å². The van der Waals surface area contributed by atoms with E-state index in [1.807, 2.05) is 7.85 Å². The molecule has 1 fully saturated rings. The summed E-state index contributed by atoms with van der Waals surface area (Å²) in [6.45, 7) is 5.67. The first-order valence-electron chi connectivity index (χ1n) is 4.10. The number of hydrogen-bond acceptors (Lipinski definition) is 1. The van der Waals surface area contributed by atoms with Crippen LogP contribution in [-0.4, -0.2) is 43.1 Å². The van der Waals surface area contributed by atoms with Gasteiger partial charge in [-0.3, -0.25) is 4.90 Å². The Labute approximate surface area is 71.3 Å². The maximum Gasteiger partial charge on any atom is 0.119 e. The molecule has 1 heterocycles. The van der Waals surface area contributed by atoms with E-state index < -0.39 is 6.17 Å². The summed E-state index contributed by atoms with van der Waals surface area (Å²) < 4.78 is 13.2. The lowest BCUT2D eigenvalue weighted by molar-refractivity contribution is 0.246. The van der Waals surface area contributed by atoms with Crippen LogP contribution in [0.1, 0.15) is 13.8 Å². The van der Waals surface area contributed by atoms with Gasteiger partial charge < -0.3 is 0 Å². The normalized spacial score (nSPS) is 40.3. The number of rotatable bonds is 1. The van der Waals surface area contributed by atoms with Crippen molar-refractivity contribution in [3.05, 3.63) is 0 Å². The van der Waals surface area contributed by atoms with Crippen molar-refractivity contribution < 1.29 is 4.39 Å². The third-order valence-electron chi connectivity index (χ3n) is 2.38. The monoisotopic (exact) mass is 175 g/mol. The smallest absolute Gasteiger partial charge is 0.119 e. The lowest BCUT2D eigenvalue weighted by Crippen LogP contribution is -2.34. The molecule has 64 valence electrons. The molecule has 0 aromatic carbocycles. The minimum absolute atomic E-state index is 0.218. The summed E-state index contributed by atoms with van der Waals surface area (Å²) in [4.78, 5) is 2.18. The molecule has 0 amide bonds. The van der Waals surface area contributed by atoms with Crippen LogP contribution in [0.25, 0.3) is 0 Å². The molecule has 11 heavy (non-hydrogen) atoms. The molecular formula is C7H16BFNP. The topological polar surface area (TPSA) is 3.24 Å². The molecule has 3 unspecified atom stereocenters. The van der Waals surface area contributed by atoms with Crippen LogP contribution in [0, 0.1) is 0 Å². The van der Waals surface area contributed by atoms with Gasteiger partial charge in [0.2, 0.25) is 0 Å². The molecule has 1 nitrogen and oxygen atoms in total. The Bertz CT molecular complexity index is 151. The van der Waals surface area contributed by atoms with Crippen molar-refractivity contribution >= 4 is 17.1 Å². The third kappa shape index (κ3) is 1.94. The Hall–Kier alpha value is 0.385. The van der Waals surface area contributed by atoms with E-state index in [9.17, 15) is 4.39 Å². The first-order valence-corrected chi connectivity index (χ1v) is 4.68. The highest BCUT2D eigenvalue weighted by Gasteiger charge is 2.40. The molecule has 1 saturated heterocycles. The van der Waals surface area contributed by atoms with Gasteiger partial charge in [-0.1, -0.05) is 0 Å². The van der Waals surface area contributed by atoms with Gasteiger partial charge in [-0.05, 0) is 18.9 Å². The van der Waals surface area contributed by atoms with Gasteiger partial charge in [-0.15, -0.1) is 9.24 Å². The zero-order chi connectivity index (χ0) is 8.65. The van der Waals surface area contributed by atoms with Crippen LogP contribution in [-0.2, 0) is 0 Å². The van der Waals surface area contributed by atoms with Crippen LogP contribution >= 0.6 is 9.24 Å². The molecule has 3 atom stereocenters. The van der Waals surface area contributed by atoms with Crippen LogP contribution in [0.5, 0.6) is 0 Å². The summed E-state index contributed by atoms with van der Waals surface area (Å²) in [6, 6.07) is 0.468. The lowest BCUT2D eigenvalue weighted by atomic mass is 9.84. The number of halogens is 1. The Morgan fingerprint density at radius 1 is 1.73 bits per heavy atom. The van der Waals surface area contributed by atoms with Gasteiger partial charge in [0.25, 0.3) is 0 Å². The zero-order valence-electron chi connectivity index (χ0n) is 7.47. The van der Waals surface area contributed by atoms with E-state index in [1.165, 1.54) is 0 Å². The molecule has 1 aliphatic rings. The van der Waals surface area contributed by atoms with Crippen molar-refractivity contribution in [1.82, 2.24) is 4.90 Å². The Kier molecular flexibility index (Phi) is 2.61. The maximum atomic E-state index is 13.2. The number of hydrogen-bond donors (Lipinski definition) is 0. The predicted octanol–water partition coefficient (Wildman–Crippen LogP) is 0.253. The SMILES string of the molecule is BC1(P)CN(C(C)C)CC1F. The van der Waals surface area contributed by atoms with Crippen LogP contribution in [0.4, 0.5) is 4.39 Å². The van der Waals surface area contributed by atoms with Crippen LogP contribution in [0.2, 0.25) is 0 Å². The summed E-state index contributed by atoms with van der Waals surface area (Å²) in [5, 5.41) is -0.218. The van der Waals surface area contributed by atoms with Crippen molar-refractivity contribution in [2.45, 2.75) is 31.1 Å². The fraction of sp³-hybridized carbons (Fsp3) is 1.00. The molecular weight excluding hydrogens is 159 g/mol. The predicted molar refractivity (Wildman–Crippen MR) is 52.6 cm³/mol. The molecule has 0 aromatic rings. The third-order valence-corrected chi connectivity index (χ3v) is 2.93. The molecule has 4 heteroatoms. The van der Waals surface area contributed by atoms with E-state index in [-0.39, 0.29) is 5.06 Å². The second kappa shape index (κ2) is 3.03. The van der Waals surface area contributed by atoms with Gasteiger partial charge >= 0.3 is 0 Å². The van der Waals surface area contributed by atoms with Gasteiger partial charge in [-0.2, -0.15) is 0 Å². The molecule has 1 rings (SSSR count). The Morgan fingerprint density at radius 3 is 2.45 bits per heavy atom. The van der Waals surface area contributed by atoms with E-state index in [4.69, 9.17) is 0 Å². The number of nitrogens with zero attached hydrogens (tertiary/aromatic N) is 1. The fourth-order valence-corrected chi connectivity index (χ4v) is 1.75. The van der Waals surface area contributed by atoms with Gasteiger partial charge in [0.15, 0.2) is 0 Å². The molecule has 1 aliphatic heterocycles. The fourth-order valence-electron chi connectivity index (χ4n) is 1.41. The minimum atomic E-state index is -0.685. The van der Waals surface area contributed by atoms with Gasteiger partial charge in [0, 0.05) is 19.1 Å². The largest absolute Gasteiger partial charge is 0.298 e. The number of likely N-dealkylation sites (tertiary alicyclic amines) is 1. The summed E-state index contributed by atoms with van der Waals surface area (Å²) >= 11 is 0. The average molecular weight is 175 g/mol. The first-order chi connectivity index (χ1) is 4.93. The van der Waals surface area contributed by atoms with Crippen molar-refractivity contribution in [2.24, 2.45) is 0 Å². The quantitative estimate of drug-likeness (QED) is 0.408.